The van der Waals surface area contributed by atoms with E-state index in [0.717, 1.165) is 11.6 Å². The van der Waals surface area contributed by atoms with Crippen LogP contribution in [0, 0.1) is 23.0 Å². The van der Waals surface area contributed by atoms with E-state index in [4.69, 9.17) is 11.0 Å². The van der Waals surface area contributed by atoms with Gasteiger partial charge in [0.1, 0.15) is 11.6 Å². The molecular weight excluding hydrogens is 388 g/mol. The molecule has 0 aliphatic carbocycles. The second-order valence-corrected chi connectivity index (χ2v) is 6.77. The van der Waals surface area contributed by atoms with Crippen LogP contribution in [-0.4, -0.2) is 16.1 Å². The van der Waals surface area contributed by atoms with Crippen molar-refractivity contribution in [3.63, 3.8) is 0 Å². The summed E-state index contributed by atoms with van der Waals surface area (Å²) < 4.78 is 26.9. The average molecular weight is 403 g/mol. The van der Waals surface area contributed by atoms with E-state index in [2.05, 4.69) is 15.5 Å². The summed E-state index contributed by atoms with van der Waals surface area (Å²) >= 11 is 0. The Balaban J connectivity index is 1.61. The topological polar surface area (TPSA) is 108 Å². The number of nitrogens with zero attached hydrogens (tertiary/aromatic N) is 2. The number of nitrogen functional groups attached to an aromatic ring is 1. The summed E-state index contributed by atoms with van der Waals surface area (Å²) in [6, 6.07) is 15.1. The fourth-order valence-corrected chi connectivity index (χ4v) is 3.23. The second-order valence-electron chi connectivity index (χ2n) is 6.77. The number of carbonyl (C=O) groups is 1. The number of anilines is 2. The van der Waals surface area contributed by atoms with Crippen molar-refractivity contribution in [1.29, 1.82) is 5.26 Å². The number of nitrogens with two attached hydrogens (primary N) is 1. The molecule has 3 aromatic carbocycles. The second kappa shape index (κ2) is 7.64. The highest BCUT2D eigenvalue weighted by atomic mass is 19.1. The molecule has 0 fully saturated rings. The molecule has 0 unspecified atom stereocenters. The first-order chi connectivity index (χ1) is 14.4. The van der Waals surface area contributed by atoms with Crippen molar-refractivity contribution in [3.8, 4) is 6.07 Å². The number of aromatic amines is 1. The van der Waals surface area contributed by atoms with E-state index in [0.29, 0.717) is 34.3 Å². The first-order valence-electron chi connectivity index (χ1n) is 8.96. The van der Waals surface area contributed by atoms with E-state index in [9.17, 15) is 13.6 Å². The molecule has 148 valence electrons. The molecule has 4 aromatic rings. The zero-order valence-electron chi connectivity index (χ0n) is 15.5. The molecule has 4 rings (SSSR count). The zero-order valence-corrected chi connectivity index (χ0v) is 15.5. The SMILES string of the molecule is N#Cc1ccc(C(=O)Nc2n[nH]c3ccc(Cc4cc(F)cc(F)c4)cc23)c(N)c1. The molecule has 8 heteroatoms. The van der Waals surface area contributed by atoms with Gasteiger partial charge in [0, 0.05) is 17.1 Å². The van der Waals surface area contributed by atoms with Gasteiger partial charge in [-0.2, -0.15) is 10.4 Å². The van der Waals surface area contributed by atoms with Gasteiger partial charge in [-0.25, -0.2) is 8.78 Å². The average Bonchev–Trinajstić information content (AvgIpc) is 3.09. The van der Waals surface area contributed by atoms with Gasteiger partial charge in [-0.05, 0) is 60.0 Å². The minimum atomic E-state index is -0.637. The third-order valence-corrected chi connectivity index (χ3v) is 4.62. The van der Waals surface area contributed by atoms with E-state index in [1.54, 1.807) is 12.1 Å². The molecule has 1 amide bonds. The Labute approximate surface area is 169 Å². The number of benzene rings is 3. The molecule has 1 heterocycles. The lowest BCUT2D eigenvalue weighted by atomic mass is 10.0. The molecule has 30 heavy (non-hydrogen) atoms. The van der Waals surface area contributed by atoms with Crippen molar-refractivity contribution in [3.05, 3.63) is 88.5 Å². The van der Waals surface area contributed by atoms with Gasteiger partial charge in [0.15, 0.2) is 5.82 Å². The number of H-pyrrole nitrogens is 1. The largest absolute Gasteiger partial charge is 0.398 e. The molecule has 0 saturated heterocycles. The monoisotopic (exact) mass is 403 g/mol. The smallest absolute Gasteiger partial charge is 0.258 e. The molecule has 0 aliphatic rings. The van der Waals surface area contributed by atoms with Crippen LogP contribution in [0.4, 0.5) is 20.3 Å². The number of rotatable bonds is 4. The molecular formula is C22H15F2N5O. The molecule has 0 radical (unpaired) electrons. The number of nitrogens with one attached hydrogen (secondary N) is 2. The third kappa shape index (κ3) is 3.82. The molecule has 0 atom stereocenters. The van der Waals surface area contributed by atoms with Crippen molar-refractivity contribution in [2.45, 2.75) is 6.42 Å². The van der Waals surface area contributed by atoms with Gasteiger partial charge in [0.25, 0.3) is 5.91 Å². The van der Waals surface area contributed by atoms with Crippen LogP contribution < -0.4 is 11.1 Å². The standard InChI is InChI=1S/C22H15F2N5O/c23-15-6-14(7-16(24)10-15)5-12-2-4-20-18(8-12)21(29-28-20)27-22(30)17-3-1-13(11-25)9-19(17)26/h1-4,6-10H,5,26H2,(H2,27,28,29,30). The zero-order chi connectivity index (χ0) is 21.3. The summed E-state index contributed by atoms with van der Waals surface area (Å²) in [5, 5.41) is 19.2. The van der Waals surface area contributed by atoms with E-state index in [1.807, 2.05) is 12.1 Å². The minimum Gasteiger partial charge on any atom is -0.398 e. The van der Waals surface area contributed by atoms with Crippen LogP contribution in [0.1, 0.15) is 27.0 Å². The number of fused-ring (bicyclic) bond motifs is 1. The van der Waals surface area contributed by atoms with E-state index >= 15 is 0 Å². The van der Waals surface area contributed by atoms with Crippen LogP contribution in [-0.2, 0) is 6.42 Å². The van der Waals surface area contributed by atoms with Crippen LogP contribution in [0.5, 0.6) is 0 Å². The maximum absolute atomic E-state index is 13.5. The van der Waals surface area contributed by atoms with Gasteiger partial charge in [0.2, 0.25) is 0 Å². The van der Waals surface area contributed by atoms with Crippen molar-refractivity contribution < 1.29 is 13.6 Å². The van der Waals surface area contributed by atoms with Gasteiger partial charge in [0.05, 0.1) is 22.7 Å². The quantitative estimate of drug-likeness (QED) is 0.445. The summed E-state index contributed by atoms with van der Waals surface area (Å²) in [5.41, 5.74) is 8.60. The molecule has 1 aromatic heterocycles. The number of hydrogen-bond donors (Lipinski definition) is 3. The summed E-state index contributed by atoms with van der Waals surface area (Å²) in [7, 11) is 0. The minimum absolute atomic E-state index is 0.181. The number of hydrogen-bond acceptors (Lipinski definition) is 4. The molecule has 0 aliphatic heterocycles. The summed E-state index contributed by atoms with van der Waals surface area (Å²) in [5.74, 6) is -1.45. The first kappa shape index (κ1) is 19.1. The lowest BCUT2D eigenvalue weighted by molar-refractivity contribution is 0.102. The Bertz CT molecular complexity index is 1300. The lowest BCUT2D eigenvalue weighted by Crippen LogP contribution is -2.14. The van der Waals surface area contributed by atoms with Gasteiger partial charge < -0.3 is 11.1 Å². The van der Waals surface area contributed by atoms with Crippen LogP contribution in [0.25, 0.3) is 10.9 Å². The number of carbonyl (C=O) groups excluding carboxylic acids is 1. The van der Waals surface area contributed by atoms with E-state index in [-0.39, 0.29) is 11.3 Å². The molecule has 4 N–H and O–H groups in total. The molecule has 0 bridgehead atoms. The van der Waals surface area contributed by atoms with E-state index < -0.39 is 17.5 Å². The summed E-state index contributed by atoms with van der Waals surface area (Å²) in [6.07, 6.45) is 0.311. The van der Waals surface area contributed by atoms with Gasteiger partial charge in [-0.3, -0.25) is 9.89 Å². The molecule has 6 nitrogen and oxygen atoms in total. The summed E-state index contributed by atoms with van der Waals surface area (Å²) in [6.45, 7) is 0. The maximum Gasteiger partial charge on any atom is 0.258 e. The predicted octanol–water partition coefficient (Wildman–Crippen LogP) is 4.14. The Morgan fingerprint density at radius 1 is 1.07 bits per heavy atom. The Morgan fingerprint density at radius 3 is 2.53 bits per heavy atom. The van der Waals surface area contributed by atoms with Gasteiger partial charge >= 0.3 is 0 Å². The Kier molecular flexibility index (Phi) is 4.86. The number of nitriles is 1. The van der Waals surface area contributed by atoms with Crippen molar-refractivity contribution in [2.75, 3.05) is 11.1 Å². The number of aromatic nitrogens is 2. The van der Waals surface area contributed by atoms with Gasteiger partial charge in [-0.1, -0.05) is 6.07 Å². The maximum atomic E-state index is 13.5. The third-order valence-electron chi connectivity index (χ3n) is 4.62. The predicted molar refractivity (Wildman–Crippen MR) is 109 cm³/mol. The Morgan fingerprint density at radius 2 is 1.83 bits per heavy atom. The van der Waals surface area contributed by atoms with Crippen molar-refractivity contribution in [1.82, 2.24) is 10.2 Å². The van der Waals surface area contributed by atoms with E-state index in [1.165, 1.54) is 30.3 Å². The lowest BCUT2D eigenvalue weighted by Gasteiger charge is -2.07. The van der Waals surface area contributed by atoms with Crippen molar-refractivity contribution in [2.24, 2.45) is 0 Å². The highest BCUT2D eigenvalue weighted by Crippen LogP contribution is 2.25. The first-order valence-corrected chi connectivity index (χ1v) is 8.96. The van der Waals surface area contributed by atoms with Gasteiger partial charge in [-0.15, -0.1) is 0 Å². The van der Waals surface area contributed by atoms with Crippen LogP contribution >= 0.6 is 0 Å². The van der Waals surface area contributed by atoms with Crippen LogP contribution in [0.2, 0.25) is 0 Å². The normalized spacial score (nSPS) is 10.7. The van der Waals surface area contributed by atoms with Crippen molar-refractivity contribution >= 4 is 28.3 Å². The highest BCUT2D eigenvalue weighted by molar-refractivity contribution is 6.10. The fraction of sp³-hybridized carbons (Fsp3) is 0.0455. The molecule has 0 spiro atoms. The fourth-order valence-electron chi connectivity index (χ4n) is 3.23. The van der Waals surface area contributed by atoms with Crippen LogP contribution in [0.3, 0.4) is 0 Å². The Hall–Kier alpha value is -4.25. The molecule has 0 saturated carbocycles. The van der Waals surface area contributed by atoms with Crippen LogP contribution in [0.15, 0.2) is 54.6 Å². The number of amides is 1. The highest BCUT2D eigenvalue weighted by Gasteiger charge is 2.15. The number of halogens is 2. The summed E-state index contributed by atoms with van der Waals surface area (Å²) in [4.78, 5) is 12.6.